The van der Waals surface area contributed by atoms with Crippen LogP contribution in [0.25, 0.3) is 0 Å². The zero-order valence-electron chi connectivity index (χ0n) is 22.4. The van der Waals surface area contributed by atoms with E-state index in [0.29, 0.717) is 0 Å². The van der Waals surface area contributed by atoms with E-state index in [-0.39, 0.29) is 27.3 Å². The second-order valence-corrected chi connectivity index (χ2v) is 39.1. The van der Waals surface area contributed by atoms with E-state index in [0.717, 1.165) is 0 Å². The van der Waals surface area contributed by atoms with Crippen molar-refractivity contribution in [3.63, 3.8) is 0 Å². The molecule has 0 N–H and O–H groups in total. The van der Waals surface area contributed by atoms with Gasteiger partial charge in [-0.05, 0) is 0 Å². The van der Waals surface area contributed by atoms with Gasteiger partial charge >= 0.3 is 264 Å². The molecule has 0 aliphatic heterocycles. The van der Waals surface area contributed by atoms with Crippen LogP contribution >= 0.6 is 8.40 Å². The van der Waals surface area contributed by atoms with Gasteiger partial charge in [0.15, 0.2) is 0 Å². The van der Waals surface area contributed by atoms with Gasteiger partial charge < -0.3 is 0 Å². The molecule has 0 saturated carbocycles. The Morgan fingerprint density at radius 1 is 0.359 bits per heavy atom. The van der Waals surface area contributed by atoms with Crippen LogP contribution in [0.1, 0.15) is 22.3 Å². The van der Waals surface area contributed by atoms with Crippen molar-refractivity contribution in [1.29, 1.82) is 0 Å². The number of benzene rings is 4. The van der Waals surface area contributed by atoms with Gasteiger partial charge in [-0.1, -0.05) is 0 Å². The normalized spacial score (nSPS) is 11.1. The fraction of sp³-hybridized carbons (Fsp3) is 0.250. The Morgan fingerprint density at radius 2 is 0.538 bits per heavy atom. The Morgan fingerprint density at radius 3 is 0.718 bits per heavy atom. The van der Waals surface area contributed by atoms with E-state index in [1.165, 1.54) is 72.6 Å². The van der Waals surface area contributed by atoms with Crippen molar-refractivity contribution in [2.45, 2.75) is 25.7 Å². The second-order valence-electron chi connectivity index (χ2n) is 9.47. The van der Waals surface area contributed by atoms with Crippen LogP contribution in [-0.2, 0) is 53.0 Å². The standard InChI is InChI=1S/2C16H18PSe2.Cd/c2*18-17(19,13-11-15-7-3-1-4-8-15)14-12-16-9-5-2-6-10-16;/h2*1-10H,11-14H2;. The first-order chi connectivity index (χ1) is 18.3. The molecule has 2 radical (unpaired) electrons. The quantitative estimate of drug-likeness (QED) is 0.104. The zero-order valence-corrected chi connectivity index (χ0v) is 35.1. The van der Waals surface area contributed by atoms with E-state index in [1.807, 2.05) is 0 Å². The van der Waals surface area contributed by atoms with Gasteiger partial charge in [-0.25, -0.2) is 0 Å². The fourth-order valence-corrected chi connectivity index (χ4v) is 11.4. The van der Waals surface area contributed by atoms with Crippen LogP contribution < -0.4 is 0 Å². The summed E-state index contributed by atoms with van der Waals surface area (Å²) >= 11 is 13.8. The summed E-state index contributed by atoms with van der Waals surface area (Å²) in [6.07, 6.45) is 9.70. The summed E-state index contributed by atoms with van der Waals surface area (Å²) in [5, 5.41) is 0. The predicted molar refractivity (Wildman–Crippen MR) is 177 cm³/mol. The molecule has 0 aromatic heterocycles. The molecular formula is C32H36CdP2Se4. The summed E-state index contributed by atoms with van der Waals surface area (Å²) in [4.78, 5) is 0. The maximum atomic E-state index is 3.45. The average Bonchev–Trinajstić information content (AvgIpc) is 2.96. The van der Waals surface area contributed by atoms with Gasteiger partial charge in [0.2, 0.25) is 0 Å². The van der Waals surface area contributed by atoms with Crippen LogP contribution in [0.3, 0.4) is 0 Å². The summed E-state index contributed by atoms with van der Waals surface area (Å²) < 4.78 is -2.05. The molecule has 4 rings (SSSR count). The fourth-order valence-electron chi connectivity index (χ4n) is 4.00. The van der Waals surface area contributed by atoms with E-state index < -0.39 is 8.40 Å². The molecule has 0 bridgehead atoms. The van der Waals surface area contributed by atoms with Crippen LogP contribution in [0.15, 0.2) is 121 Å². The minimum atomic E-state index is -1.02. The van der Waals surface area contributed by atoms with Gasteiger partial charge in [0.1, 0.15) is 0 Å². The van der Waals surface area contributed by atoms with Gasteiger partial charge in [0, 0.05) is 27.3 Å². The molecule has 200 valence electrons. The first-order valence-corrected chi connectivity index (χ1v) is 26.2. The molecule has 0 atom stereocenters. The van der Waals surface area contributed by atoms with Crippen molar-refractivity contribution in [1.82, 2.24) is 0 Å². The number of hydrogen-bond donors (Lipinski definition) is 0. The zero-order chi connectivity index (χ0) is 27.1. The molecular weight excluding hydrogens is 875 g/mol. The van der Waals surface area contributed by atoms with Crippen molar-refractivity contribution >= 4 is 69.7 Å². The molecule has 4 aromatic carbocycles. The third-order valence-corrected chi connectivity index (χ3v) is 19.1. The monoisotopic (exact) mass is 916 g/mol. The molecule has 0 fully saturated rings. The molecule has 0 spiro atoms. The average molecular weight is 911 g/mol. The molecule has 7 heteroatoms. The molecule has 4 aromatic rings. The van der Waals surface area contributed by atoms with Crippen LogP contribution in [0.2, 0.25) is 0 Å². The van der Waals surface area contributed by atoms with Gasteiger partial charge in [-0.15, -0.1) is 0 Å². The molecule has 0 nitrogen and oxygen atoms in total. The SMILES string of the molecule is [Cd].[Se]P(=[Se])(CCc1ccccc1)CCc1ccccc1.[Se]P(=[Se])(CCc1ccccc1)CCc1ccccc1. The molecule has 0 amide bonds. The molecule has 0 unspecified atom stereocenters. The van der Waals surface area contributed by atoms with E-state index in [4.69, 9.17) is 0 Å². The molecule has 0 heterocycles. The molecule has 0 aliphatic rings. The van der Waals surface area contributed by atoms with E-state index in [9.17, 15) is 0 Å². The first kappa shape index (κ1) is 35.9. The second kappa shape index (κ2) is 19.8. The Kier molecular flexibility index (Phi) is 18.3. The van der Waals surface area contributed by atoms with Gasteiger partial charge in [-0.2, -0.15) is 0 Å². The summed E-state index contributed by atoms with van der Waals surface area (Å²) in [5.41, 5.74) is 5.77. The number of aryl methyl sites for hydroxylation is 4. The maximum absolute atomic E-state index is 3.45. The molecule has 39 heavy (non-hydrogen) atoms. The van der Waals surface area contributed by atoms with Crippen molar-refractivity contribution in [2.75, 3.05) is 24.6 Å². The van der Waals surface area contributed by atoms with E-state index >= 15 is 0 Å². The van der Waals surface area contributed by atoms with Crippen molar-refractivity contribution < 1.29 is 27.3 Å². The van der Waals surface area contributed by atoms with Crippen molar-refractivity contribution in [2.24, 2.45) is 0 Å². The van der Waals surface area contributed by atoms with Crippen molar-refractivity contribution in [3.8, 4) is 0 Å². The Bertz CT molecular complexity index is 1090. The number of hydrogen-bond acceptors (Lipinski definition) is 0. The van der Waals surface area contributed by atoms with Gasteiger partial charge in [0.05, 0.1) is 0 Å². The van der Waals surface area contributed by atoms with Crippen molar-refractivity contribution in [3.05, 3.63) is 144 Å². The Labute approximate surface area is 287 Å². The van der Waals surface area contributed by atoms with Crippen LogP contribution in [0.5, 0.6) is 0 Å². The summed E-state index contributed by atoms with van der Waals surface area (Å²) in [6.45, 7) is 0. The van der Waals surface area contributed by atoms with E-state index in [2.05, 4.69) is 183 Å². The third-order valence-electron chi connectivity index (χ3n) is 6.34. The van der Waals surface area contributed by atoms with Gasteiger partial charge in [0.25, 0.3) is 0 Å². The molecule has 0 aliphatic carbocycles. The number of rotatable bonds is 12. The van der Waals surface area contributed by atoms with Gasteiger partial charge in [-0.3, -0.25) is 0 Å². The Hall–Kier alpha value is 0.740. The summed E-state index contributed by atoms with van der Waals surface area (Å²) in [6, 6.07) is 43.1. The predicted octanol–water partition coefficient (Wildman–Crippen LogP) is 7.31. The topological polar surface area (TPSA) is 0 Å². The minimum absolute atomic E-state index is 0. The summed E-state index contributed by atoms with van der Waals surface area (Å²) in [5.74, 6) is 0. The first-order valence-electron chi connectivity index (χ1n) is 13.1. The van der Waals surface area contributed by atoms with Crippen LogP contribution in [-0.4, -0.2) is 86.0 Å². The van der Waals surface area contributed by atoms with Crippen LogP contribution in [0, 0.1) is 0 Å². The Balaban J connectivity index is 0.000000267. The third kappa shape index (κ3) is 16.2. The molecule has 0 saturated heterocycles. The van der Waals surface area contributed by atoms with Crippen LogP contribution in [0.4, 0.5) is 0 Å². The summed E-state index contributed by atoms with van der Waals surface area (Å²) in [7, 11) is 0. The van der Waals surface area contributed by atoms with E-state index in [1.54, 1.807) is 0 Å².